The molecule has 1 heterocycles. The van der Waals surface area contributed by atoms with Gasteiger partial charge in [0.2, 0.25) is 5.91 Å². The predicted octanol–water partition coefficient (Wildman–Crippen LogP) is -0.724. The number of nitrogens with two attached hydrogens (primary N) is 1. The number of nitrogens with one attached hydrogen (secondary N) is 2. The van der Waals surface area contributed by atoms with Gasteiger partial charge in [-0.05, 0) is 12.1 Å². The summed E-state index contributed by atoms with van der Waals surface area (Å²) in [5.41, 5.74) is 5.58. The average Bonchev–Trinajstić information content (AvgIpc) is 2.37. The molecule has 0 spiro atoms. The van der Waals surface area contributed by atoms with Gasteiger partial charge in [-0.1, -0.05) is 6.07 Å². The monoisotopic (exact) mass is 236 g/mol. The van der Waals surface area contributed by atoms with Crippen molar-refractivity contribution in [3.63, 3.8) is 0 Å². The number of pyridine rings is 1. The molecule has 6 nitrogen and oxygen atoms in total. The lowest BCUT2D eigenvalue weighted by Crippen LogP contribution is -2.33. The van der Waals surface area contributed by atoms with Crippen LogP contribution in [-0.4, -0.2) is 36.4 Å². The minimum absolute atomic E-state index is 0.128. The maximum atomic E-state index is 11.5. The summed E-state index contributed by atoms with van der Waals surface area (Å²) < 4.78 is 0. The number of amides is 2. The van der Waals surface area contributed by atoms with Crippen LogP contribution in [-0.2, 0) is 4.79 Å². The normalized spacial score (nSPS) is 9.71. The fraction of sp³-hybridized carbons (Fsp3) is 0.364. The van der Waals surface area contributed by atoms with E-state index in [9.17, 15) is 9.59 Å². The Morgan fingerprint density at radius 2 is 2.06 bits per heavy atom. The highest BCUT2D eigenvalue weighted by Crippen LogP contribution is 1.92. The molecule has 0 radical (unpaired) electrons. The molecule has 1 rings (SSSR count). The van der Waals surface area contributed by atoms with Crippen molar-refractivity contribution in [1.29, 1.82) is 0 Å². The van der Waals surface area contributed by atoms with Crippen molar-refractivity contribution in [2.45, 2.75) is 6.42 Å². The Morgan fingerprint density at radius 1 is 1.24 bits per heavy atom. The first-order chi connectivity index (χ1) is 8.24. The lowest BCUT2D eigenvalue weighted by molar-refractivity contribution is -0.120. The van der Waals surface area contributed by atoms with Crippen LogP contribution in [0.2, 0.25) is 0 Å². The van der Waals surface area contributed by atoms with Crippen molar-refractivity contribution in [1.82, 2.24) is 15.6 Å². The van der Waals surface area contributed by atoms with Crippen molar-refractivity contribution in [2.24, 2.45) is 5.73 Å². The van der Waals surface area contributed by atoms with Gasteiger partial charge in [0, 0.05) is 32.3 Å². The summed E-state index contributed by atoms with van der Waals surface area (Å²) in [6, 6.07) is 5.08. The first kappa shape index (κ1) is 13.1. The van der Waals surface area contributed by atoms with E-state index in [2.05, 4.69) is 15.6 Å². The molecule has 0 atom stereocenters. The second-order valence-electron chi connectivity index (χ2n) is 3.36. The zero-order chi connectivity index (χ0) is 12.5. The van der Waals surface area contributed by atoms with E-state index in [1.54, 1.807) is 24.4 Å². The van der Waals surface area contributed by atoms with Crippen LogP contribution in [0.5, 0.6) is 0 Å². The van der Waals surface area contributed by atoms with Gasteiger partial charge in [0.15, 0.2) is 0 Å². The first-order valence-corrected chi connectivity index (χ1v) is 5.40. The number of aromatic nitrogens is 1. The second-order valence-corrected chi connectivity index (χ2v) is 3.36. The van der Waals surface area contributed by atoms with E-state index in [-0.39, 0.29) is 24.8 Å². The zero-order valence-corrected chi connectivity index (χ0v) is 9.48. The van der Waals surface area contributed by atoms with Crippen molar-refractivity contribution in [2.75, 3.05) is 19.6 Å². The van der Waals surface area contributed by atoms with E-state index in [4.69, 9.17) is 5.73 Å². The molecule has 0 aromatic carbocycles. The van der Waals surface area contributed by atoms with Gasteiger partial charge in [-0.3, -0.25) is 14.6 Å². The lowest BCUT2D eigenvalue weighted by Gasteiger charge is -2.05. The van der Waals surface area contributed by atoms with Gasteiger partial charge in [-0.25, -0.2) is 0 Å². The summed E-state index contributed by atoms with van der Waals surface area (Å²) in [5, 5.41) is 5.23. The highest BCUT2D eigenvalue weighted by atomic mass is 16.2. The van der Waals surface area contributed by atoms with Crippen LogP contribution in [0.3, 0.4) is 0 Å². The van der Waals surface area contributed by atoms with Crippen LogP contribution < -0.4 is 16.4 Å². The molecule has 0 unspecified atom stereocenters. The third kappa shape index (κ3) is 5.07. The molecular weight excluding hydrogens is 220 g/mol. The smallest absolute Gasteiger partial charge is 0.269 e. The average molecular weight is 236 g/mol. The molecule has 1 aromatic heterocycles. The van der Waals surface area contributed by atoms with E-state index >= 15 is 0 Å². The maximum absolute atomic E-state index is 11.5. The number of rotatable bonds is 6. The quantitative estimate of drug-likeness (QED) is 0.607. The molecule has 1 aromatic rings. The zero-order valence-electron chi connectivity index (χ0n) is 9.48. The Hall–Kier alpha value is -1.95. The summed E-state index contributed by atoms with van der Waals surface area (Å²) in [4.78, 5) is 26.6. The fourth-order valence-electron chi connectivity index (χ4n) is 1.18. The fourth-order valence-corrected chi connectivity index (χ4v) is 1.18. The van der Waals surface area contributed by atoms with Crippen LogP contribution in [0.25, 0.3) is 0 Å². The van der Waals surface area contributed by atoms with Gasteiger partial charge in [0.25, 0.3) is 5.91 Å². The van der Waals surface area contributed by atoms with Crippen molar-refractivity contribution in [3.05, 3.63) is 30.1 Å². The lowest BCUT2D eigenvalue weighted by atomic mass is 10.3. The molecule has 0 saturated carbocycles. The SMILES string of the molecule is NCCNC(=O)CCNC(=O)c1ccccn1. The molecule has 0 bridgehead atoms. The third-order valence-electron chi connectivity index (χ3n) is 2.00. The number of carbonyl (C=O) groups is 2. The van der Waals surface area contributed by atoms with Gasteiger partial charge in [-0.2, -0.15) is 0 Å². The van der Waals surface area contributed by atoms with E-state index in [1.807, 2.05) is 0 Å². The van der Waals surface area contributed by atoms with Gasteiger partial charge < -0.3 is 16.4 Å². The molecule has 6 heteroatoms. The largest absolute Gasteiger partial charge is 0.355 e. The van der Waals surface area contributed by atoms with Crippen molar-refractivity contribution < 1.29 is 9.59 Å². The topological polar surface area (TPSA) is 97.1 Å². The first-order valence-electron chi connectivity index (χ1n) is 5.40. The highest BCUT2D eigenvalue weighted by Gasteiger charge is 2.06. The number of nitrogens with zero attached hydrogens (tertiary/aromatic N) is 1. The molecule has 17 heavy (non-hydrogen) atoms. The molecule has 2 amide bonds. The van der Waals surface area contributed by atoms with Crippen LogP contribution in [0.4, 0.5) is 0 Å². The van der Waals surface area contributed by atoms with Crippen LogP contribution >= 0.6 is 0 Å². The summed E-state index contributed by atoms with van der Waals surface area (Å²) in [6.07, 6.45) is 1.78. The molecule has 0 fully saturated rings. The Labute approximate surface area is 99.6 Å². The van der Waals surface area contributed by atoms with Crippen LogP contribution in [0, 0.1) is 0 Å². The Balaban J connectivity index is 2.23. The minimum atomic E-state index is -0.280. The Bertz CT molecular complexity index is 367. The van der Waals surface area contributed by atoms with E-state index in [0.29, 0.717) is 18.8 Å². The minimum Gasteiger partial charge on any atom is -0.355 e. The van der Waals surface area contributed by atoms with Gasteiger partial charge >= 0.3 is 0 Å². The number of hydrogen-bond acceptors (Lipinski definition) is 4. The Morgan fingerprint density at radius 3 is 2.71 bits per heavy atom. The van der Waals surface area contributed by atoms with Crippen LogP contribution in [0.15, 0.2) is 24.4 Å². The summed E-state index contributed by atoms with van der Waals surface area (Å²) in [5.74, 6) is -0.408. The Kier molecular flexibility index (Phi) is 5.67. The third-order valence-corrected chi connectivity index (χ3v) is 2.00. The molecule has 4 N–H and O–H groups in total. The highest BCUT2D eigenvalue weighted by molar-refractivity contribution is 5.92. The molecule has 0 aliphatic heterocycles. The van der Waals surface area contributed by atoms with Gasteiger partial charge in [0.05, 0.1) is 0 Å². The number of carbonyl (C=O) groups excluding carboxylic acids is 2. The second kappa shape index (κ2) is 7.34. The van der Waals surface area contributed by atoms with E-state index < -0.39 is 0 Å². The molecule has 0 aliphatic carbocycles. The van der Waals surface area contributed by atoms with E-state index in [1.165, 1.54) is 0 Å². The van der Waals surface area contributed by atoms with Crippen LogP contribution in [0.1, 0.15) is 16.9 Å². The summed E-state index contributed by atoms with van der Waals surface area (Å²) in [6.45, 7) is 1.14. The van der Waals surface area contributed by atoms with E-state index in [0.717, 1.165) is 0 Å². The summed E-state index contributed by atoms with van der Waals surface area (Å²) >= 11 is 0. The number of hydrogen-bond donors (Lipinski definition) is 3. The van der Waals surface area contributed by atoms with Gasteiger partial charge in [-0.15, -0.1) is 0 Å². The molecular formula is C11H16N4O2. The van der Waals surface area contributed by atoms with Crippen molar-refractivity contribution >= 4 is 11.8 Å². The van der Waals surface area contributed by atoms with Crippen molar-refractivity contribution in [3.8, 4) is 0 Å². The molecule has 0 saturated heterocycles. The standard InChI is InChI=1S/C11H16N4O2/c12-5-8-14-10(16)4-7-15-11(17)9-3-1-2-6-13-9/h1-3,6H,4-5,7-8,12H2,(H,14,16)(H,15,17). The molecule has 0 aliphatic rings. The maximum Gasteiger partial charge on any atom is 0.269 e. The predicted molar refractivity (Wildman–Crippen MR) is 63.3 cm³/mol. The summed E-state index contributed by atoms with van der Waals surface area (Å²) in [7, 11) is 0. The van der Waals surface area contributed by atoms with Gasteiger partial charge in [0.1, 0.15) is 5.69 Å². The molecule has 92 valence electrons.